The average molecular weight is 556 g/mol. The lowest BCUT2D eigenvalue weighted by atomic mass is 9.69. The maximum absolute atomic E-state index is 13.7. The number of nitro groups is 1. The standard InChI is InChI=1S/C31H29N3O5S/c1-31(2,3)20-14-19(15-23-10-7-13-40-23)29-25(16-20)28(24-11-4-5-12-26(24)33-29)30(36)39-18-27(35)32-21-8-6-9-22(17-21)34(37)38/h4-13,15,17,20H,14,16,18H2,1-3H3,(H,32,35)/b19-15-. The van der Waals surface area contributed by atoms with Gasteiger partial charge in [0.2, 0.25) is 0 Å². The Hall–Kier alpha value is -4.37. The summed E-state index contributed by atoms with van der Waals surface area (Å²) in [5.41, 5.74) is 3.89. The van der Waals surface area contributed by atoms with Gasteiger partial charge in [0.15, 0.2) is 6.61 Å². The van der Waals surface area contributed by atoms with Gasteiger partial charge in [0, 0.05) is 28.1 Å². The van der Waals surface area contributed by atoms with E-state index in [4.69, 9.17) is 9.72 Å². The van der Waals surface area contributed by atoms with Crippen LogP contribution >= 0.6 is 11.3 Å². The Bertz CT molecular complexity index is 1640. The quantitative estimate of drug-likeness (QED) is 0.154. The number of allylic oxidation sites excluding steroid dienone is 1. The Morgan fingerprint density at radius 1 is 1.12 bits per heavy atom. The van der Waals surface area contributed by atoms with E-state index in [1.807, 2.05) is 35.7 Å². The third kappa shape index (κ3) is 5.79. The predicted molar refractivity (Wildman–Crippen MR) is 157 cm³/mol. The topological polar surface area (TPSA) is 111 Å². The molecule has 9 heteroatoms. The summed E-state index contributed by atoms with van der Waals surface area (Å²) in [6, 6.07) is 17.1. The number of nitrogens with zero attached hydrogens (tertiary/aromatic N) is 2. The molecule has 1 atom stereocenters. The fraction of sp³-hybridized carbons (Fsp3) is 0.258. The molecule has 204 valence electrons. The van der Waals surface area contributed by atoms with Gasteiger partial charge in [-0.05, 0) is 65.0 Å². The molecule has 5 rings (SSSR count). The van der Waals surface area contributed by atoms with Gasteiger partial charge in [-0.1, -0.05) is 51.1 Å². The Labute approximate surface area is 235 Å². The molecule has 0 saturated heterocycles. The highest BCUT2D eigenvalue weighted by Crippen LogP contribution is 2.45. The van der Waals surface area contributed by atoms with Gasteiger partial charge < -0.3 is 10.1 Å². The number of rotatable bonds is 6. The van der Waals surface area contributed by atoms with E-state index in [1.165, 1.54) is 24.3 Å². The summed E-state index contributed by atoms with van der Waals surface area (Å²) in [7, 11) is 0. The van der Waals surface area contributed by atoms with Gasteiger partial charge in [-0.25, -0.2) is 9.78 Å². The first-order valence-corrected chi connectivity index (χ1v) is 13.9. The van der Waals surface area contributed by atoms with E-state index in [0.717, 1.165) is 28.1 Å². The molecule has 0 spiro atoms. The lowest BCUT2D eigenvalue weighted by molar-refractivity contribution is -0.384. The molecule has 1 amide bonds. The zero-order valence-electron chi connectivity index (χ0n) is 22.5. The number of esters is 1. The Kier molecular flexibility index (Phi) is 7.49. The van der Waals surface area contributed by atoms with Crippen LogP contribution in [0.1, 0.15) is 53.7 Å². The molecule has 2 aromatic heterocycles. The van der Waals surface area contributed by atoms with Crippen LogP contribution in [0.3, 0.4) is 0 Å². The van der Waals surface area contributed by atoms with Crippen molar-refractivity contribution in [3.63, 3.8) is 0 Å². The molecular weight excluding hydrogens is 526 g/mol. The second-order valence-corrected chi connectivity index (χ2v) is 11.9. The second kappa shape index (κ2) is 11.0. The number of carbonyl (C=O) groups excluding carboxylic acids is 2. The molecule has 1 N–H and O–H groups in total. The zero-order valence-corrected chi connectivity index (χ0v) is 23.3. The van der Waals surface area contributed by atoms with E-state index < -0.39 is 23.4 Å². The van der Waals surface area contributed by atoms with Gasteiger partial charge in [-0.15, -0.1) is 11.3 Å². The summed E-state index contributed by atoms with van der Waals surface area (Å²) in [6.45, 7) is 6.08. The Balaban J connectivity index is 1.49. The zero-order chi connectivity index (χ0) is 28.4. The second-order valence-electron chi connectivity index (χ2n) is 10.9. The molecular formula is C31H29N3O5S. The summed E-state index contributed by atoms with van der Waals surface area (Å²) in [4.78, 5) is 42.9. The summed E-state index contributed by atoms with van der Waals surface area (Å²) in [5.74, 6) is -0.932. The van der Waals surface area contributed by atoms with E-state index in [0.29, 0.717) is 22.9 Å². The van der Waals surface area contributed by atoms with E-state index >= 15 is 0 Å². The van der Waals surface area contributed by atoms with Gasteiger partial charge >= 0.3 is 5.97 Å². The van der Waals surface area contributed by atoms with Crippen molar-refractivity contribution < 1.29 is 19.2 Å². The van der Waals surface area contributed by atoms with Crippen molar-refractivity contribution in [1.82, 2.24) is 4.98 Å². The predicted octanol–water partition coefficient (Wildman–Crippen LogP) is 7.15. The van der Waals surface area contributed by atoms with Crippen LogP contribution in [-0.2, 0) is 16.0 Å². The Morgan fingerprint density at radius 2 is 1.93 bits per heavy atom. The van der Waals surface area contributed by atoms with E-state index in [9.17, 15) is 19.7 Å². The van der Waals surface area contributed by atoms with Crippen LogP contribution in [0.2, 0.25) is 0 Å². The van der Waals surface area contributed by atoms with Crippen molar-refractivity contribution in [2.24, 2.45) is 11.3 Å². The maximum Gasteiger partial charge on any atom is 0.339 e. The van der Waals surface area contributed by atoms with E-state index in [2.05, 4.69) is 38.2 Å². The fourth-order valence-corrected chi connectivity index (χ4v) is 5.69. The highest BCUT2D eigenvalue weighted by atomic mass is 32.1. The maximum atomic E-state index is 13.7. The SMILES string of the molecule is CC(C)(C)C1C/C(=C/c2cccs2)c2nc3ccccc3c(C(=O)OCC(=O)Nc3cccc([N+](=O)[O-])c3)c2C1. The number of nitro benzene ring substituents is 1. The van der Waals surface area contributed by atoms with E-state index in [1.54, 1.807) is 11.3 Å². The first kappa shape index (κ1) is 27.2. The Morgan fingerprint density at radius 3 is 2.65 bits per heavy atom. The normalized spacial score (nSPS) is 16.0. The largest absolute Gasteiger partial charge is 0.452 e. The number of ether oxygens (including phenoxy) is 1. The van der Waals surface area contributed by atoms with Crippen LogP contribution in [0.5, 0.6) is 0 Å². The molecule has 0 fully saturated rings. The van der Waals surface area contributed by atoms with Gasteiger partial charge in [-0.2, -0.15) is 0 Å². The molecule has 2 aromatic carbocycles. The molecule has 1 aliphatic carbocycles. The van der Waals surface area contributed by atoms with Crippen LogP contribution in [0.4, 0.5) is 11.4 Å². The van der Waals surface area contributed by atoms with Crippen LogP contribution in [0.25, 0.3) is 22.6 Å². The molecule has 0 bridgehead atoms. The van der Waals surface area contributed by atoms with E-state index in [-0.39, 0.29) is 22.7 Å². The van der Waals surface area contributed by atoms with Crippen molar-refractivity contribution in [3.8, 4) is 0 Å². The number of nitrogens with one attached hydrogen (secondary N) is 1. The number of non-ortho nitro benzene ring substituents is 1. The number of fused-ring (bicyclic) bond motifs is 2. The van der Waals surface area contributed by atoms with Crippen molar-refractivity contribution in [2.75, 3.05) is 11.9 Å². The molecule has 8 nitrogen and oxygen atoms in total. The van der Waals surface area contributed by atoms with Gasteiger partial charge in [0.1, 0.15) is 0 Å². The highest BCUT2D eigenvalue weighted by Gasteiger charge is 2.35. The number of para-hydroxylation sites is 1. The number of hydrogen-bond acceptors (Lipinski definition) is 7. The first-order chi connectivity index (χ1) is 19.1. The summed E-state index contributed by atoms with van der Waals surface area (Å²) in [6.07, 6.45) is 3.65. The third-order valence-electron chi connectivity index (χ3n) is 7.18. The van der Waals surface area contributed by atoms with Gasteiger partial charge in [0.05, 0.1) is 21.7 Å². The monoisotopic (exact) mass is 555 g/mol. The minimum atomic E-state index is -0.603. The number of aromatic nitrogens is 1. The molecule has 0 radical (unpaired) electrons. The third-order valence-corrected chi connectivity index (χ3v) is 8.00. The lowest BCUT2D eigenvalue weighted by Crippen LogP contribution is -2.29. The van der Waals surface area contributed by atoms with Gasteiger partial charge in [0.25, 0.3) is 11.6 Å². The minimum absolute atomic E-state index is 0.0166. The van der Waals surface area contributed by atoms with Gasteiger partial charge in [-0.3, -0.25) is 14.9 Å². The van der Waals surface area contributed by atoms with Crippen molar-refractivity contribution >= 4 is 57.1 Å². The lowest BCUT2D eigenvalue weighted by Gasteiger charge is -2.36. The first-order valence-electron chi connectivity index (χ1n) is 13.0. The molecule has 2 heterocycles. The number of pyridine rings is 1. The highest BCUT2D eigenvalue weighted by molar-refractivity contribution is 7.10. The molecule has 1 aliphatic rings. The van der Waals surface area contributed by atoms with Crippen molar-refractivity contribution in [3.05, 3.63) is 97.9 Å². The number of benzene rings is 2. The number of anilines is 1. The number of amides is 1. The van der Waals surface area contributed by atoms with Crippen LogP contribution < -0.4 is 5.32 Å². The summed E-state index contributed by atoms with van der Waals surface area (Å²) < 4.78 is 5.55. The molecule has 4 aromatic rings. The minimum Gasteiger partial charge on any atom is -0.452 e. The fourth-order valence-electron chi connectivity index (χ4n) is 5.01. The van der Waals surface area contributed by atoms with Crippen LogP contribution in [0.15, 0.2) is 66.0 Å². The molecule has 40 heavy (non-hydrogen) atoms. The molecule has 1 unspecified atom stereocenters. The van der Waals surface area contributed by atoms with Crippen molar-refractivity contribution in [1.29, 1.82) is 0 Å². The number of hydrogen-bond donors (Lipinski definition) is 1. The van der Waals surface area contributed by atoms with Crippen LogP contribution in [0, 0.1) is 21.4 Å². The van der Waals surface area contributed by atoms with Crippen molar-refractivity contribution in [2.45, 2.75) is 33.6 Å². The smallest absolute Gasteiger partial charge is 0.339 e. The average Bonchev–Trinajstić information content (AvgIpc) is 3.43. The summed E-state index contributed by atoms with van der Waals surface area (Å²) in [5, 5.41) is 16.3. The van der Waals surface area contributed by atoms with Crippen LogP contribution in [-0.4, -0.2) is 28.4 Å². The number of thiophene rings is 1. The summed E-state index contributed by atoms with van der Waals surface area (Å²) >= 11 is 1.65. The number of carbonyl (C=O) groups is 2. The molecule has 0 saturated carbocycles. The molecule has 0 aliphatic heterocycles.